The highest BCUT2D eigenvalue weighted by Crippen LogP contribution is 2.42. The third-order valence-corrected chi connectivity index (χ3v) is 7.70. The number of nitrogens with two attached hydrogens (primary N) is 1. The molecule has 2 aromatic rings. The number of hydrogen-bond donors (Lipinski definition) is 3. The number of benzene rings is 1. The highest BCUT2D eigenvalue weighted by atomic mass is 35.5. The predicted octanol–water partition coefficient (Wildman–Crippen LogP) is 2.83. The van der Waals surface area contributed by atoms with Crippen LogP contribution in [0.25, 0.3) is 0 Å². The second-order valence-electron chi connectivity index (χ2n) is 6.94. The van der Waals surface area contributed by atoms with Gasteiger partial charge in [0.1, 0.15) is 18.0 Å². The molecule has 12 heteroatoms. The number of aromatic nitrogens is 2. The van der Waals surface area contributed by atoms with Crippen molar-refractivity contribution in [3.63, 3.8) is 0 Å². The van der Waals surface area contributed by atoms with Crippen LogP contribution < -0.4 is 15.8 Å². The molecule has 0 saturated heterocycles. The minimum Gasteiger partial charge on any atom is -0.383 e. The predicted molar refractivity (Wildman–Crippen MR) is 110 cm³/mol. The molecule has 1 unspecified atom stereocenters. The van der Waals surface area contributed by atoms with E-state index in [0.717, 1.165) is 18.9 Å². The van der Waals surface area contributed by atoms with Crippen molar-refractivity contribution in [2.24, 2.45) is 5.92 Å². The van der Waals surface area contributed by atoms with Gasteiger partial charge in [0.15, 0.2) is 0 Å². The number of rotatable bonds is 6. The Bertz CT molecular complexity index is 1090. The van der Waals surface area contributed by atoms with Crippen molar-refractivity contribution in [1.82, 2.24) is 9.97 Å². The molecule has 0 bridgehead atoms. The van der Waals surface area contributed by atoms with Crippen molar-refractivity contribution in [3.8, 4) is 0 Å². The average Bonchev–Trinajstić information content (AvgIpc) is 3.34. The molecule has 1 aromatic carbocycles. The number of nitrogen functional groups attached to an aromatic ring is 1. The van der Waals surface area contributed by atoms with Gasteiger partial charge in [0.2, 0.25) is 15.9 Å². The molecule has 1 atom stereocenters. The van der Waals surface area contributed by atoms with E-state index in [1.165, 1.54) is 24.2 Å². The lowest BCUT2D eigenvalue weighted by Crippen LogP contribution is -2.23. The Hall–Kier alpha value is -2.11. The lowest BCUT2D eigenvalue weighted by Gasteiger charge is -2.16. The molecule has 4 rings (SSSR count). The fourth-order valence-electron chi connectivity index (χ4n) is 3.00. The number of hydrogen-bond acceptors (Lipinski definition) is 7. The van der Waals surface area contributed by atoms with Crippen LogP contribution in [-0.4, -0.2) is 35.8 Å². The zero-order valence-electron chi connectivity index (χ0n) is 15.0. The maximum Gasteiger partial charge on any atom is 0.234 e. The third-order valence-electron chi connectivity index (χ3n) is 4.66. The Balaban J connectivity index is 1.56. The van der Waals surface area contributed by atoms with Gasteiger partial charge in [0.25, 0.3) is 0 Å². The standard InChI is InChI=1S/C17H17ClFN5O3S2/c18-12-11(24-29(26,27)6-8-1-2-8)4-3-10(19)14(12)23-17(25)9-5-28-15-13(9)21-7-22-16(15)20/h3-4,7-9,24H,1-2,5-6H2,(H,23,25)(H2,20,21,22). The van der Waals surface area contributed by atoms with Crippen LogP contribution in [0, 0.1) is 11.7 Å². The highest BCUT2D eigenvalue weighted by Gasteiger charge is 2.34. The molecule has 1 aliphatic carbocycles. The number of amides is 1. The smallest absolute Gasteiger partial charge is 0.234 e. The van der Waals surface area contributed by atoms with Crippen LogP contribution in [0.1, 0.15) is 24.5 Å². The lowest BCUT2D eigenvalue weighted by molar-refractivity contribution is -0.117. The van der Waals surface area contributed by atoms with Crippen molar-refractivity contribution in [2.75, 3.05) is 27.3 Å². The first kappa shape index (κ1) is 20.2. The van der Waals surface area contributed by atoms with Gasteiger partial charge in [0, 0.05) is 5.75 Å². The van der Waals surface area contributed by atoms with Crippen LogP contribution in [0.3, 0.4) is 0 Å². The quantitative estimate of drug-likeness (QED) is 0.608. The molecular weight excluding hydrogens is 441 g/mol. The zero-order valence-corrected chi connectivity index (χ0v) is 17.4. The van der Waals surface area contributed by atoms with E-state index in [2.05, 4.69) is 20.0 Å². The van der Waals surface area contributed by atoms with Gasteiger partial charge in [-0.3, -0.25) is 9.52 Å². The molecule has 1 aromatic heterocycles. The maximum absolute atomic E-state index is 14.4. The average molecular weight is 458 g/mol. The summed E-state index contributed by atoms with van der Waals surface area (Å²) in [5.74, 6) is -1.18. The van der Waals surface area contributed by atoms with Crippen LogP contribution in [0.2, 0.25) is 5.02 Å². The zero-order chi connectivity index (χ0) is 20.8. The van der Waals surface area contributed by atoms with Gasteiger partial charge < -0.3 is 11.1 Å². The number of carbonyl (C=O) groups excluding carboxylic acids is 1. The number of halogens is 2. The van der Waals surface area contributed by atoms with E-state index in [-0.39, 0.29) is 33.9 Å². The lowest BCUT2D eigenvalue weighted by atomic mass is 10.1. The molecule has 1 amide bonds. The van der Waals surface area contributed by atoms with E-state index in [0.29, 0.717) is 16.3 Å². The molecule has 1 aliphatic heterocycles. The number of nitrogens with one attached hydrogen (secondary N) is 2. The van der Waals surface area contributed by atoms with E-state index in [1.807, 2.05) is 0 Å². The Morgan fingerprint density at radius 3 is 2.83 bits per heavy atom. The fourth-order valence-corrected chi connectivity index (χ4v) is 6.04. The van der Waals surface area contributed by atoms with Crippen molar-refractivity contribution in [2.45, 2.75) is 23.7 Å². The van der Waals surface area contributed by atoms with E-state index in [4.69, 9.17) is 17.3 Å². The van der Waals surface area contributed by atoms with Crippen LogP contribution in [0.15, 0.2) is 23.4 Å². The molecule has 154 valence electrons. The first-order valence-electron chi connectivity index (χ1n) is 8.77. The first-order valence-corrected chi connectivity index (χ1v) is 11.8. The monoisotopic (exact) mass is 457 g/mol. The number of carbonyl (C=O) groups is 1. The number of sulfonamides is 1. The summed E-state index contributed by atoms with van der Waals surface area (Å²) in [6.07, 6.45) is 3.01. The summed E-state index contributed by atoms with van der Waals surface area (Å²) in [6, 6.07) is 2.28. The number of fused-ring (bicyclic) bond motifs is 1. The SMILES string of the molecule is Nc1ncnc2c1SCC2C(=O)Nc1c(F)ccc(NS(=O)(=O)CC2CC2)c1Cl. The van der Waals surface area contributed by atoms with Gasteiger partial charge in [-0.05, 0) is 30.9 Å². The molecule has 29 heavy (non-hydrogen) atoms. The van der Waals surface area contributed by atoms with Crippen LogP contribution >= 0.6 is 23.4 Å². The molecule has 2 aliphatic rings. The largest absolute Gasteiger partial charge is 0.383 e. The van der Waals surface area contributed by atoms with Crippen molar-refractivity contribution in [1.29, 1.82) is 0 Å². The summed E-state index contributed by atoms with van der Waals surface area (Å²) in [7, 11) is -3.62. The Kier molecular flexibility index (Phi) is 5.30. The minimum absolute atomic E-state index is 0.0109. The Morgan fingerprint density at radius 2 is 2.10 bits per heavy atom. The summed E-state index contributed by atoms with van der Waals surface area (Å²) < 4.78 is 41.2. The van der Waals surface area contributed by atoms with Crippen molar-refractivity contribution in [3.05, 3.63) is 35.0 Å². The second-order valence-corrected chi connectivity index (χ2v) is 10.1. The first-order chi connectivity index (χ1) is 13.7. The van der Waals surface area contributed by atoms with Gasteiger partial charge in [0.05, 0.1) is 38.7 Å². The Morgan fingerprint density at radius 1 is 1.34 bits per heavy atom. The normalized spacial score (nSPS) is 18.3. The van der Waals surface area contributed by atoms with Gasteiger partial charge in [-0.25, -0.2) is 22.8 Å². The summed E-state index contributed by atoms with van der Waals surface area (Å²) >= 11 is 7.56. The number of thioether (sulfide) groups is 1. The number of nitrogens with zero attached hydrogens (tertiary/aromatic N) is 2. The van der Waals surface area contributed by atoms with Crippen LogP contribution in [0.5, 0.6) is 0 Å². The molecule has 1 saturated carbocycles. The van der Waals surface area contributed by atoms with E-state index >= 15 is 0 Å². The topological polar surface area (TPSA) is 127 Å². The van der Waals surface area contributed by atoms with Gasteiger partial charge in [-0.1, -0.05) is 11.6 Å². The Labute approximate surface area is 175 Å². The molecule has 2 heterocycles. The summed E-state index contributed by atoms with van der Waals surface area (Å²) in [5, 5.41) is 2.25. The maximum atomic E-state index is 14.4. The minimum atomic E-state index is -3.62. The summed E-state index contributed by atoms with van der Waals surface area (Å²) in [4.78, 5) is 21.4. The van der Waals surface area contributed by atoms with Gasteiger partial charge in [-0.2, -0.15) is 0 Å². The fraction of sp³-hybridized carbons (Fsp3) is 0.353. The van der Waals surface area contributed by atoms with E-state index < -0.39 is 27.7 Å². The van der Waals surface area contributed by atoms with E-state index in [9.17, 15) is 17.6 Å². The van der Waals surface area contributed by atoms with Crippen molar-refractivity contribution >= 4 is 56.5 Å². The molecule has 8 nitrogen and oxygen atoms in total. The third kappa shape index (κ3) is 4.26. The molecule has 0 spiro atoms. The molecule has 4 N–H and O–H groups in total. The van der Waals surface area contributed by atoms with Gasteiger partial charge >= 0.3 is 0 Å². The van der Waals surface area contributed by atoms with Crippen LogP contribution in [0.4, 0.5) is 21.6 Å². The number of anilines is 3. The molecule has 1 fully saturated rings. The summed E-state index contributed by atoms with van der Waals surface area (Å²) in [6.45, 7) is 0. The van der Waals surface area contributed by atoms with Gasteiger partial charge in [-0.15, -0.1) is 11.8 Å². The van der Waals surface area contributed by atoms with E-state index in [1.54, 1.807) is 0 Å². The highest BCUT2D eigenvalue weighted by molar-refractivity contribution is 7.99. The second kappa shape index (κ2) is 7.62. The van der Waals surface area contributed by atoms with Crippen LogP contribution in [-0.2, 0) is 14.8 Å². The molecule has 0 radical (unpaired) electrons. The summed E-state index contributed by atoms with van der Waals surface area (Å²) in [5.41, 5.74) is 6.00. The molecular formula is C17H17ClFN5O3S2. The van der Waals surface area contributed by atoms with Crippen molar-refractivity contribution < 1.29 is 17.6 Å².